The summed E-state index contributed by atoms with van der Waals surface area (Å²) in [5.74, 6) is -0.720. The van der Waals surface area contributed by atoms with Gasteiger partial charge in [-0.05, 0) is 36.4 Å². The number of halogens is 7. The Morgan fingerprint density at radius 1 is 0.968 bits per heavy atom. The minimum Gasteiger partial charge on any atom is -0.360 e. The van der Waals surface area contributed by atoms with Crippen LogP contribution in [0.15, 0.2) is 65.8 Å². The molecular weight excluding hydrogens is 433 g/mol. The Morgan fingerprint density at radius 3 is 2.10 bits per heavy atom. The Morgan fingerprint density at radius 2 is 1.58 bits per heavy atom. The van der Waals surface area contributed by atoms with E-state index in [1.807, 2.05) is 0 Å². The molecule has 0 aliphatic carbocycles. The van der Waals surface area contributed by atoms with E-state index in [0.717, 1.165) is 18.3 Å². The minimum atomic E-state index is -5.23. The number of allylic oxidation sites excluding steroid dienone is 2. The van der Waals surface area contributed by atoms with E-state index in [-0.39, 0.29) is 23.0 Å². The Kier molecular flexibility index (Phi) is 7.10. The molecule has 0 spiro atoms. The van der Waals surface area contributed by atoms with E-state index in [4.69, 9.17) is 10.9 Å². The van der Waals surface area contributed by atoms with Crippen LogP contribution < -0.4 is 10.6 Å². The number of hydrogen-bond donors (Lipinski definition) is 4. The molecular formula is C18H13F7N6. The monoisotopic (exact) mass is 446 g/mol. The molecule has 2 aromatic rings. The maximum Gasteiger partial charge on any atom is 0.432 e. The highest BCUT2D eigenvalue weighted by molar-refractivity contribution is 5.97. The third kappa shape index (κ3) is 6.62. The van der Waals surface area contributed by atoms with E-state index < -0.39 is 29.6 Å². The largest absolute Gasteiger partial charge is 0.432 e. The first kappa shape index (κ1) is 23.5. The van der Waals surface area contributed by atoms with Crippen molar-refractivity contribution >= 4 is 22.8 Å². The number of nitrogens with zero attached hydrogens (tertiary/aromatic N) is 2. The molecule has 6 nitrogen and oxygen atoms in total. The van der Waals surface area contributed by atoms with Gasteiger partial charge in [-0.25, -0.2) is 9.92 Å². The van der Waals surface area contributed by atoms with Crippen LogP contribution in [-0.4, -0.2) is 23.0 Å². The van der Waals surface area contributed by atoms with E-state index >= 15 is 0 Å². The third-order valence-corrected chi connectivity index (χ3v) is 3.61. The van der Waals surface area contributed by atoms with Crippen LogP contribution in [0.2, 0.25) is 0 Å². The van der Waals surface area contributed by atoms with Crippen LogP contribution in [-0.2, 0) is 0 Å². The zero-order valence-electron chi connectivity index (χ0n) is 15.2. The highest BCUT2D eigenvalue weighted by Crippen LogP contribution is 2.29. The Labute approximate surface area is 170 Å². The van der Waals surface area contributed by atoms with Gasteiger partial charge in [-0.2, -0.15) is 31.5 Å². The number of anilines is 2. The van der Waals surface area contributed by atoms with Crippen LogP contribution in [0.4, 0.5) is 42.1 Å². The molecule has 0 bridgehead atoms. The van der Waals surface area contributed by atoms with E-state index in [2.05, 4.69) is 15.4 Å². The van der Waals surface area contributed by atoms with Gasteiger partial charge >= 0.3 is 12.4 Å². The molecule has 31 heavy (non-hydrogen) atoms. The highest BCUT2D eigenvalue weighted by Gasteiger charge is 2.39. The maximum absolute atomic E-state index is 13.7. The molecule has 0 aliphatic heterocycles. The second-order valence-corrected chi connectivity index (χ2v) is 5.81. The number of aromatic nitrogens is 1. The number of hydrogen-bond acceptors (Lipinski definition) is 6. The van der Waals surface area contributed by atoms with Gasteiger partial charge in [0.25, 0.3) is 0 Å². The number of pyridine rings is 1. The van der Waals surface area contributed by atoms with Gasteiger partial charge in [0.1, 0.15) is 17.1 Å². The summed E-state index contributed by atoms with van der Waals surface area (Å²) in [5.41, 5.74) is 3.22. The smallest absolute Gasteiger partial charge is 0.360 e. The van der Waals surface area contributed by atoms with Gasteiger partial charge in [0.15, 0.2) is 5.82 Å². The first-order valence-corrected chi connectivity index (χ1v) is 8.17. The molecule has 0 radical (unpaired) electrons. The van der Waals surface area contributed by atoms with E-state index in [9.17, 15) is 30.7 Å². The van der Waals surface area contributed by atoms with Crippen LogP contribution in [0.1, 0.15) is 5.56 Å². The molecule has 164 valence electrons. The zero-order valence-corrected chi connectivity index (χ0v) is 15.2. The van der Waals surface area contributed by atoms with Crippen molar-refractivity contribution < 1.29 is 30.7 Å². The summed E-state index contributed by atoms with van der Waals surface area (Å²) >= 11 is 0. The number of rotatable bonds is 7. The fourth-order valence-electron chi connectivity index (χ4n) is 2.13. The van der Waals surface area contributed by atoms with Crippen molar-refractivity contribution in [3.8, 4) is 0 Å². The first-order chi connectivity index (χ1) is 14.4. The lowest BCUT2D eigenvalue weighted by atomic mass is 10.2. The van der Waals surface area contributed by atoms with Crippen LogP contribution in [0, 0.1) is 16.8 Å². The summed E-state index contributed by atoms with van der Waals surface area (Å²) in [6.07, 6.45) is -7.33. The highest BCUT2D eigenvalue weighted by atomic mass is 19.4. The summed E-state index contributed by atoms with van der Waals surface area (Å²) in [7, 11) is 0. The SMILES string of the molecule is N=N/C(=C\Nc1ccc(N/C(=C\C(=N)C(F)(F)F)C(F)(F)F)cc1)c1ccncc1F. The minimum absolute atomic E-state index is 0.0112. The molecule has 1 heterocycles. The number of alkyl halides is 6. The molecule has 0 saturated heterocycles. The summed E-state index contributed by atoms with van der Waals surface area (Å²) in [6.45, 7) is 0. The maximum atomic E-state index is 13.7. The van der Waals surface area contributed by atoms with Gasteiger partial charge in [-0.15, -0.1) is 0 Å². The zero-order chi connectivity index (χ0) is 23.2. The standard InChI is InChI=1S/C18H13F7N6/c19-13-8-28-6-5-12(13)14(31-27)9-29-10-1-3-11(4-2-10)30-16(18(23,24)25)7-15(26)17(20,21)22/h1-9,26-27,29-30H/b14-9-,16-7-,26-15?,31-27?. The van der Waals surface area contributed by atoms with E-state index in [0.29, 0.717) is 5.69 Å². The van der Waals surface area contributed by atoms with Gasteiger partial charge in [0.2, 0.25) is 0 Å². The van der Waals surface area contributed by atoms with Gasteiger partial charge in [0.05, 0.1) is 6.20 Å². The van der Waals surface area contributed by atoms with Gasteiger partial charge in [-0.3, -0.25) is 10.4 Å². The quantitative estimate of drug-likeness (QED) is 0.235. The molecule has 0 atom stereocenters. The fraction of sp³-hybridized carbons (Fsp3) is 0.111. The molecule has 1 aromatic carbocycles. The average Bonchev–Trinajstić information content (AvgIpc) is 2.68. The lowest BCUT2D eigenvalue weighted by Crippen LogP contribution is -2.25. The normalized spacial score (nSPS) is 13.0. The molecule has 13 heteroatoms. The van der Waals surface area contributed by atoms with E-state index in [1.165, 1.54) is 30.6 Å². The molecule has 0 amide bonds. The molecule has 1 aromatic heterocycles. The Hall–Kier alpha value is -3.77. The van der Waals surface area contributed by atoms with Gasteiger partial charge < -0.3 is 10.6 Å². The number of nitrogens with one attached hydrogen (secondary N) is 4. The van der Waals surface area contributed by atoms with Crippen molar-refractivity contribution in [3.63, 3.8) is 0 Å². The van der Waals surface area contributed by atoms with Crippen LogP contribution in [0.5, 0.6) is 0 Å². The lowest BCUT2D eigenvalue weighted by molar-refractivity contribution is -0.0905. The molecule has 0 aliphatic rings. The fourth-order valence-corrected chi connectivity index (χ4v) is 2.13. The van der Waals surface area contributed by atoms with E-state index in [1.54, 1.807) is 5.32 Å². The van der Waals surface area contributed by atoms with Crippen molar-refractivity contribution in [2.75, 3.05) is 10.6 Å². The van der Waals surface area contributed by atoms with Crippen LogP contribution in [0.25, 0.3) is 5.70 Å². The van der Waals surface area contributed by atoms with Crippen molar-refractivity contribution in [1.82, 2.24) is 4.98 Å². The molecule has 4 N–H and O–H groups in total. The summed E-state index contributed by atoms with van der Waals surface area (Å²) < 4.78 is 89.9. The predicted molar refractivity (Wildman–Crippen MR) is 98.9 cm³/mol. The molecule has 0 fully saturated rings. The Bertz CT molecular complexity index is 1010. The van der Waals surface area contributed by atoms with Crippen LogP contribution >= 0.6 is 0 Å². The second kappa shape index (κ2) is 9.36. The summed E-state index contributed by atoms with van der Waals surface area (Å²) in [6, 6.07) is 6.13. The van der Waals surface area contributed by atoms with Crippen molar-refractivity contribution in [2.45, 2.75) is 12.4 Å². The summed E-state index contributed by atoms with van der Waals surface area (Å²) in [4.78, 5) is 3.57. The predicted octanol–water partition coefficient (Wildman–Crippen LogP) is 6.10. The number of benzene rings is 1. The van der Waals surface area contributed by atoms with Crippen molar-refractivity contribution in [1.29, 1.82) is 10.9 Å². The van der Waals surface area contributed by atoms with Crippen LogP contribution in [0.3, 0.4) is 0 Å². The van der Waals surface area contributed by atoms with Crippen molar-refractivity contribution in [2.24, 2.45) is 5.11 Å². The summed E-state index contributed by atoms with van der Waals surface area (Å²) in [5, 5.41) is 14.4. The Balaban J connectivity index is 2.18. The third-order valence-electron chi connectivity index (χ3n) is 3.61. The van der Waals surface area contributed by atoms with Crippen molar-refractivity contribution in [3.05, 3.63) is 72.1 Å². The lowest BCUT2D eigenvalue weighted by Gasteiger charge is -2.15. The van der Waals surface area contributed by atoms with Gasteiger partial charge in [-0.1, -0.05) is 0 Å². The average molecular weight is 446 g/mol. The second-order valence-electron chi connectivity index (χ2n) is 5.81. The van der Waals surface area contributed by atoms with Gasteiger partial charge in [0, 0.05) is 29.3 Å². The topological polar surface area (TPSA) is 97.0 Å². The molecule has 0 saturated carbocycles. The molecule has 0 unspecified atom stereocenters. The first-order valence-electron chi connectivity index (χ1n) is 8.17. The molecule has 2 rings (SSSR count).